The maximum atomic E-state index is 11.8. The molecule has 2 rings (SSSR count). The molecule has 0 saturated heterocycles. The number of nitrogens with zero attached hydrogens (tertiary/aromatic N) is 1. The number of halogens is 1. The number of carboxylic acids is 1. The summed E-state index contributed by atoms with van der Waals surface area (Å²) in [5, 5.41) is 8.88. The summed E-state index contributed by atoms with van der Waals surface area (Å²) < 4.78 is 0.898. The van der Waals surface area contributed by atoms with Gasteiger partial charge in [-0.1, -0.05) is 15.9 Å². The van der Waals surface area contributed by atoms with Crippen LogP contribution in [0, 0.1) is 0 Å². The fraction of sp³-hybridized carbons (Fsp3) is 0.333. The van der Waals surface area contributed by atoms with Gasteiger partial charge in [0.05, 0.1) is 6.42 Å². The van der Waals surface area contributed by atoms with E-state index in [-0.39, 0.29) is 24.7 Å². The van der Waals surface area contributed by atoms with Gasteiger partial charge in [-0.25, -0.2) is 0 Å². The third kappa shape index (κ3) is 2.34. The third-order valence-electron chi connectivity index (χ3n) is 3.01. The zero-order valence-corrected chi connectivity index (χ0v) is 10.9. The lowest BCUT2D eigenvalue weighted by Crippen LogP contribution is -2.33. The van der Waals surface area contributed by atoms with Crippen LogP contribution in [0.1, 0.15) is 24.3 Å². The van der Waals surface area contributed by atoms with E-state index >= 15 is 0 Å². The van der Waals surface area contributed by atoms with E-state index in [4.69, 9.17) is 5.11 Å². The van der Waals surface area contributed by atoms with Crippen molar-refractivity contribution in [3.05, 3.63) is 28.2 Å². The molecular weight excluding hydrogens is 286 g/mol. The Bertz CT molecular complexity index is 487. The molecule has 0 bridgehead atoms. The lowest BCUT2D eigenvalue weighted by atomic mass is 9.87. The highest BCUT2D eigenvalue weighted by atomic mass is 79.9. The molecule has 1 unspecified atom stereocenters. The highest BCUT2D eigenvalue weighted by molar-refractivity contribution is 9.10. The molecule has 0 radical (unpaired) electrons. The van der Waals surface area contributed by atoms with Gasteiger partial charge < -0.3 is 10.0 Å². The summed E-state index contributed by atoms with van der Waals surface area (Å²) in [5.74, 6) is -1.15. The quantitative estimate of drug-likeness (QED) is 0.912. The van der Waals surface area contributed by atoms with E-state index in [0.717, 1.165) is 15.7 Å². The van der Waals surface area contributed by atoms with Crippen LogP contribution in [0.2, 0.25) is 0 Å². The van der Waals surface area contributed by atoms with Crippen LogP contribution in [0.25, 0.3) is 0 Å². The number of carbonyl (C=O) groups is 2. The van der Waals surface area contributed by atoms with Crippen molar-refractivity contribution in [3.63, 3.8) is 0 Å². The number of hydrogen-bond donors (Lipinski definition) is 1. The SMILES string of the molecule is CN1C(=O)CC(CC(=O)O)c2cc(Br)ccc21. The molecule has 1 aromatic rings. The highest BCUT2D eigenvalue weighted by Gasteiger charge is 2.30. The molecule has 1 aliphatic heterocycles. The van der Waals surface area contributed by atoms with Crippen LogP contribution in [0.4, 0.5) is 5.69 Å². The van der Waals surface area contributed by atoms with Gasteiger partial charge in [0.15, 0.2) is 0 Å². The molecule has 1 heterocycles. The van der Waals surface area contributed by atoms with E-state index in [1.165, 1.54) is 0 Å². The van der Waals surface area contributed by atoms with E-state index in [1.54, 1.807) is 11.9 Å². The topological polar surface area (TPSA) is 57.6 Å². The number of carbonyl (C=O) groups excluding carboxylic acids is 1. The first-order valence-electron chi connectivity index (χ1n) is 5.27. The van der Waals surface area contributed by atoms with E-state index in [2.05, 4.69) is 15.9 Å². The highest BCUT2D eigenvalue weighted by Crippen LogP contribution is 2.38. The fourth-order valence-electron chi connectivity index (χ4n) is 2.14. The average molecular weight is 298 g/mol. The number of aliphatic carboxylic acids is 1. The van der Waals surface area contributed by atoms with Gasteiger partial charge in [-0.05, 0) is 23.8 Å². The molecule has 1 aromatic carbocycles. The molecule has 5 heteroatoms. The second-order valence-electron chi connectivity index (χ2n) is 4.15. The Labute approximate surface area is 107 Å². The van der Waals surface area contributed by atoms with Crippen molar-refractivity contribution in [3.8, 4) is 0 Å². The Hall–Kier alpha value is -1.36. The number of benzene rings is 1. The molecule has 0 saturated carbocycles. The predicted molar refractivity (Wildman–Crippen MR) is 67.2 cm³/mol. The number of amides is 1. The molecule has 17 heavy (non-hydrogen) atoms. The zero-order valence-electron chi connectivity index (χ0n) is 9.31. The van der Waals surface area contributed by atoms with Crippen LogP contribution in [-0.4, -0.2) is 24.0 Å². The molecule has 0 spiro atoms. The van der Waals surface area contributed by atoms with Crippen LogP contribution in [0.3, 0.4) is 0 Å². The maximum Gasteiger partial charge on any atom is 0.303 e. The van der Waals surface area contributed by atoms with Gasteiger partial charge in [0.2, 0.25) is 5.91 Å². The van der Waals surface area contributed by atoms with E-state index in [1.807, 2.05) is 18.2 Å². The molecule has 0 aromatic heterocycles. The first-order chi connectivity index (χ1) is 7.99. The number of anilines is 1. The van der Waals surface area contributed by atoms with E-state index in [0.29, 0.717) is 0 Å². The van der Waals surface area contributed by atoms with Crippen LogP contribution in [0.5, 0.6) is 0 Å². The largest absolute Gasteiger partial charge is 0.481 e. The molecule has 0 fully saturated rings. The van der Waals surface area contributed by atoms with Crippen LogP contribution >= 0.6 is 15.9 Å². The predicted octanol–water partition coefficient (Wildman–Crippen LogP) is 2.37. The first kappa shape index (κ1) is 12.1. The zero-order chi connectivity index (χ0) is 12.6. The minimum Gasteiger partial charge on any atom is -0.481 e. The van der Waals surface area contributed by atoms with Crippen molar-refractivity contribution in [2.45, 2.75) is 18.8 Å². The summed E-state index contributed by atoms with van der Waals surface area (Å²) in [6, 6.07) is 5.59. The Kier molecular flexibility index (Phi) is 3.19. The summed E-state index contributed by atoms with van der Waals surface area (Å²) in [4.78, 5) is 24.2. The smallest absolute Gasteiger partial charge is 0.303 e. The third-order valence-corrected chi connectivity index (χ3v) is 3.50. The van der Waals surface area contributed by atoms with Gasteiger partial charge in [-0.15, -0.1) is 0 Å². The Morgan fingerprint density at radius 2 is 2.29 bits per heavy atom. The summed E-state index contributed by atoms with van der Waals surface area (Å²) in [5.41, 5.74) is 1.72. The van der Waals surface area contributed by atoms with Gasteiger partial charge in [0.25, 0.3) is 0 Å². The van der Waals surface area contributed by atoms with Gasteiger partial charge in [0.1, 0.15) is 0 Å². The maximum absolute atomic E-state index is 11.8. The molecule has 4 nitrogen and oxygen atoms in total. The normalized spacial score (nSPS) is 19.1. The Balaban J connectivity index is 2.46. The second kappa shape index (κ2) is 4.49. The van der Waals surface area contributed by atoms with Gasteiger partial charge in [-0.2, -0.15) is 0 Å². The number of fused-ring (bicyclic) bond motifs is 1. The molecule has 1 N–H and O–H groups in total. The lowest BCUT2D eigenvalue weighted by Gasteiger charge is -2.31. The Morgan fingerprint density at radius 1 is 1.59 bits per heavy atom. The van der Waals surface area contributed by atoms with E-state index < -0.39 is 5.97 Å². The summed E-state index contributed by atoms with van der Waals surface area (Å²) in [6.45, 7) is 0. The second-order valence-corrected chi connectivity index (χ2v) is 5.07. The standard InChI is InChI=1S/C12H12BrNO3/c1-14-10-3-2-8(13)6-9(10)7(4-11(14)15)5-12(16)17/h2-3,6-7H,4-5H2,1H3,(H,16,17). The summed E-state index contributed by atoms with van der Waals surface area (Å²) >= 11 is 3.37. The molecule has 1 amide bonds. The summed E-state index contributed by atoms with van der Waals surface area (Å²) in [7, 11) is 1.71. The van der Waals surface area contributed by atoms with E-state index in [9.17, 15) is 9.59 Å². The number of rotatable bonds is 2. The molecular formula is C12H12BrNO3. The molecule has 1 aliphatic rings. The van der Waals surface area contributed by atoms with Crippen LogP contribution < -0.4 is 4.90 Å². The molecule has 0 aliphatic carbocycles. The lowest BCUT2D eigenvalue weighted by molar-refractivity contribution is -0.137. The summed E-state index contributed by atoms with van der Waals surface area (Å²) in [6.07, 6.45) is 0.245. The minimum absolute atomic E-state index is 0.0109. The number of hydrogen-bond acceptors (Lipinski definition) is 2. The number of carboxylic acid groups (broad SMARTS) is 1. The van der Waals surface area contributed by atoms with Gasteiger partial charge >= 0.3 is 5.97 Å². The average Bonchev–Trinajstić information content (AvgIpc) is 2.25. The van der Waals surface area contributed by atoms with Crippen LogP contribution in [-0.2, 0) is 9.59 Å². The van der Waals surface area contributed by atoms with Crippen molar-refractivity contribution < 1.29 is 14.7 Å². The van der Waals surface area contributed by atoms with Crippen molar-refractivity contribution in [1.82, 2.24) is 0 Å². The van der Waals surface area contributed by atoms with Gasteiger partial charge in [-0.3, -0.25) is 9.59 Å². The molecule has 90 valence electrons. The Morgan fingerprint density at radius 3 is 2.94 bits per heavy atom. The van der Waals surface area contributed by atoms with Crippen LogP contribution in [0.15, 0.2) is 22.7 Å². The fourth-order valence-corrected chi connectivity index (χ4v) is 2.52. The first-order valence-corrected chi connectivity index (χ1v) is 6.06. The minimum atomic E-state index is -0.877. The van der Waals surface area contributed by atoms with Crippen molar-refractivity contribution in [1.29, 1.82) is 0 Å². The molecule has 1 atom stereocenters. The van der Waals surface area contributed by atoms with Crippen molar-refractivity contribution >= 4 is 33.5 Å². The van der Waals surface area contributed by atoms with Crippen molar-refractivity contribution in [2.75, 3.05) is 11.9 Å². The van der Waals surface area contributed by atoms with Crippen molar-refractivity contribution in [2.24, 2.45) is 0 Å². The monoisotopic (exact) mass is 297 g/mol. The van der Waals surface area contributed by atoms with Gasteiger partial charge in [0, 0.05) is 29.5 Å².